The number of nitrogens with one attached hydrogen (secondary N) is 1. The molecule has 2 rings (SSSR count). The van der Waals surface area contributed by atoms with Gasteiger partial charge in [-0.2, -0.15) is 0 Å². The SMILES string of the molecule is CCCCNC(=O)C(CC)N(Cc1c(Cl)cccc1Cl)C(=O)COc1ccccc1C(C)C. The van der Waals surface area contributed by atoms with E-state index in [4.69, 9.17) is 27.9 Å². The van der Waals surface area contributed by atoms with Crippen LogP contribution < -0.4 is 10.1 Å². The predicted octanol–water partition coefficient (Wildman–Crippen LogP) is 6.22. The molecule has 5 nitrogen and oxygen atoms in total. The zero-order valence-corrected chi connectivity index (χ0v) is 21.4. The first-order chi connectivity index (χ1) is 15.8. The second kappa shape index (κ2) is 13.5. The lowest BCUT2D eigenvalue weighted by Crippen LogP contribution is -2.50. The fourth-order valence-corrected chi connectivity index (χ4v) is 4.11. The minimum atomic E-state index is -0.661. The summed E-state index contributed by atoms with van der Waals surface area (Å²) in [5.74, 6) is 0.422. The third-order valence-electron chi connectivity index (χ3n) is 5.50. The molecule has 0 aliphatic heterocycles. The van der Waals surface area contributed by atoms with Crippen LogP contribution >= 0.6 is 23.2 Å². The molecule has 2 amide bonds. The fourth-order valence-electron chi connectivity index (χ4n) is 3.59. The summed E-state index contributed by atoms with van der Waals surface area (Å²) in [6.45, 7) is 8.58. The van der Waals surface area contributed by atoms with E-state index in [1.165, 1.54) is 4.90 Å². The fraction of sp³-hybridized carbons (Fsp3) is 0.462. The highest BCUT2D eigenvalue weighted by Gasteiger charge is 2.30. The minimum Gasteiger partial charge on any atom is -0.483 e. The van der Waals surface area contributed by atoms with Gasteiger partial charge in [-0.3, -0.25) is 9.59 Å². The molecule has 0 spiro atoms. The molecule has 0 fully saturated rings. The second-order valence-corrected chi connectivity index (χ2v) is 9.09. The lowest BCUT2D eigenvalue weighted by atomic mass is 10.0. The Bertz CT molecular complexity index is 913. The van der Waals surface area contributed by atoms with Crippen LogP contribution in [0.25, 0.3) is 0 Å². The van der Waals surface area contributed by atoms with E-state index >= 15 is 0 Å². The number of hydrogen-bond donors (Lipinski definition) is 1. The zero-order chi connectivity index (χ0) is 24.4. The smallest absolute Gasteiger partial charge is 0.261 e. The molecular formula is C26H34Cl2N2O3. The molecule has 2 aromatic carbocycles. The van der Waals surface area contributed by atoms with Crippen LogP contribution in [0, 0.1) is 0 Å². The second-order valence-electron chi connectivity index (χ2n) is 8.27. The first-order valence-electron chi connectivity index (χ1n) is 11.5. The summed E-state index contributed by atoms with van der Waals surface area (Å²) in [7, 11) is 0. The Balaban J connectivity index is 2.29. The number of carbonyl (C=O) groups excluding carboxylic acids is 2. The Morgan fingerprint density at radius 3 is 2.30 bits per heavy atom. The molecule has 7 heteroatoms. The number of benzene rings is 2. The van der Waals surface area contributed by atoms with E-state index in [9.17, 15) is 9.59 Å². The number of halogens is 2. The van der Waals surface area contributed by atoms with Crippen molar-refractivity contribution in [2.24, 2.45) is 0 Å². The lowest BCUT2D eigenvalue weighted by Gasteiger charge is -2.31. The summed E-state index contributed by atoms with van der Waals surface area (Å²) in [5.41, 5.74) is 1.63. The maximum atomic E-state index is 13.4. The summed E-state index contributed by atoms with van der Waals surface area (Å²) < 4.78 is 5.92. The molecule has 0 aromatic heterocycles. The van der Waals surface area contributed by atoms with Crippen LogP contribution in [-0.4, -0.2) is 35.9 Å². The molecule has 0 saturated carbocycles. The van der Waals surface area contributed by atoms with E-state index in [1.54, 1.807) is 18.2 Å². The Morgan fingerprint density at radius 1 is 1.03 bits per heavy atom. The Morgan fingerprint density at radius 2 is 1.70 bits per heavy atom. The Hall–Kier alpha value is -2.24. The highest BCUT2D eigenvalue weighted by Crippen LogP contribution is 2.28. The highest BCUT2D eigenvalue weighted by molar-refractivity contribution is 6.36. The van der Waals surface area contributed by atoms with E-state index in [1.807, 2.05) is 31.2 Å². The molecule has 0 bridgehead atoms. The molecule has 0 aliphatic rings. The quantitative estimate of drug-likeness (QED) is 0.357. The third kappa shape index (κ3) is 7.65. The van der Waals surface area contributed by atoms with Gasteiger partial charge in [-0.05, 0) is 42.5 Å². The van der Waals surface area contributed by atoms with Crippen molar-refractivity contribution in [2.45, 2.75) is 65.5 Å². The number of nitrogens with zero attached hydrogens (tertiary/aromatic N) is 1. The largest absolute Gasteiger partial charge is 0.483 e. The average Bonchev–Trinajstić information content (AvgIpc) is 2.79. The topological polar surface area (TPSA) is 58.6 Å². The van der Waals surface area contributed by atoms with Crippen molar-refractivity contribution in [3.05, 3.63) is 63.6 Å². The predicted molar refractivity (Wildman–Crippen MR) is 135 cm³/mol. The number of amides is 2. The van der Waals surface area contributed by atoms with E-state index in [2.05, 4.69) is 26.1 Å². The number of carbonyl (C=O) groups is 2. The van der Waals surface area contributed by atoms with Crippen LogP contribution in [-0.2, 0) is 16.1 Å². The van der Waals surface area contributed by atoms with Gasteiger partial charge >= 0.3 is 0 Å². The standard InChI is InChI=1S/C26H34Cl2N2O3/c1-5-7-15-29-26(32)23(6-2)30(16-20-21(27)12-10-13-22(20)28)25(31)17-33-24-14-9-8-11-19(24)18(3)4/h8-14,18,23H,5-7,15-17H2,1-4H3,(H,29,32). The molecule has 33 heavy (non-hydrogen) atoms. The summed E-state index contributed by atoms with van der Waals surface area (Å²) in [6.07, 6.45) is 2.30. The van der Waals surface area contributed by atoms with Gasteiger partial charge in [0.15, 0.2) is 6.61 Å². The molecule has 0 heterocycles. The summed E-state index contributed by atoms with van der Waals surface area (Å²) in [4.78, 5) is 27.9. The number of hydrogen-bond acceptors (Lipinski definition) is 3. The molecule has 1 N–H and O–H groups in total. The molecule has 1 atom stereocenters. The van der Waals surface area contributed by atoms with Gasteiger partial charge in [-0.25, -0.2) is 0 Å². The minimum absolute atomic E-state index is 0.117. The van der Waals surface area contributed by atoms with Gasteiger partial charge in [0.25, 0.3) is 5.91 Å². The van der Waals surface area contributed by atoms with Crippen molar-refractivity contribution in [2.75, 3.05) is 13.2 Å². The van der Waals surface area contributed by atoms with Gasteiger partial charge < -0.3 is 15.0 Å². The lowest BCUT2D eigenvalue weighted by molar-refractivity contribution is -0.143. The summed E-state index contributed by atoms with van der Waals surface area (Å²) >= 11 is 12.8. The summed E-state index contributed by atoms with van der Waals surface area (Å²) in [6, 6.07) is 12.2. The molecule has 2 aromatic rings. The Labute approximate surface area is 207 Å². The number of ether oxygens (including phenoxy) is 1. The average molecular weight is 493 g/mol. The number of rotatable bonds is 12. The van der Waals surface area contributed by atoms with Crippen molar-refractivity contribution in [3.8, 4) is 5.75 Å². The maximum Gasteiger partial charge on any atom is 0.261 e. The van der Waals surface area contributed by atoms with Crippen molar-refractivity contribution in [3.63, 3.8) is 0 Å². The molecule has 0 saturated heterocycles. The van der Waals surface area contributed by atoms with Crippen molar-refractivity contribution >= 4 is 35.0 Å². The zero-order valence-electron chi connectivity index (χ0n) is 19.9. The van der Waals surface area contributed by atoms with E-state index in [-0.39, 0.29) is 30.9 Å². The normalized spacial score (nSPS) is 11.8. The van der Waals surface area contributed by atoms with Crippen molar-refractivity contribution < 1.29 is 14.3 Å². The molecule has 180 valence electrons. The van der Waals surface area contributed by atoms with Gasteiger partial charge in [0, 0.05) is 28.7 Å². The molecular weight excluding hydrogens is 459 g/mol. The van der Waals surface area contributed by atoms with Gasteiger partial charge in [0.2, 0.25) is 5.91 Å². The van der Waals surface area contributed by atoms with Gasteiger partial charge in [0.1, 0.15) is 11.8 Å². The third-order valence-corrected chi connectivity index (χ3v) is 6.21. The number of unbranched alkanes of at least 4 members (excludes halogenated alkanes) is 1. The molecule has 0 aliphatic carbocycles. The van der Waals surface area contributed by atoms with Gasteiger partial charge in [-0.15, -0.1) is 0 Å². The van der Waals surface area contributed by atoms with Crippen LogP contribution in [0.3, 0.4) is 0 Å². The van der Waals surface area contributed by atoms with Crippen LogP contribution in [0.2, 0.25) is 10.0 Å². The Kier molecular flexibility index (Phi) is 11.0. The van der Waals surface area contributed by atoms with Crippen LogP contribution in [0.15, 0.2) is 42.5 Å². The monoisotopic (exact) mass is 492 g/mol. The van der Waals surface area contributed by atoms with E-state index in [0.717, 1.165) is 18.4 Å². The van der Waals surface area contributed by atoms with E-state index < -0.39 is 6.04 Å². The first kappa shape index (κ1) is 27.0. The van der Waals surface area contributed by atoms with Crippen molar-refractivity contribution in [1.82, 2.24) is 10.2 Å². The molecule has 1 unspecified atom stereocenters. The van der Waals surface area contributed by atoms with E-state index in [0.29, 0.717) is 34.3 Å². The van der Waals surface area contributed by atoms with Crippen molar-refractivity contribution in [1.29, 1.82) is 0 Å². The highest BCUT2D eigenvalue weighted by atomic mass is 35.5. The van der Waals surface area contributed by atoms with Gasteiger partial charge in [-0.1, -0.05) is 81.6 Å². The first-order valence-corrected chi connectivity index (χ1v) is 12.3. The summed E-state index contributed by atoms with van der Waals surface area (Å²) in [5, 5.41) is 3.85. The molecule has 0 radical (unpaired) electrons. The van der Waals surface area contributed by atoms with Crippen LogP contribution in [0.1, 0.15) is 64.0 Å². The maximum absolute atomic E-state index is 13.4. The number of para-hydroxylation sites is 1. The van der Waals surface area contributed by atoms with Crippen LogP contribution in [0.4, 0.5) is 0 Å². The van der Waals surface area contributed by atoms with Crippen LogP contribution in [0.5, 0.6) is 5.75 Å². The van der Waals surface area contributed by atoms with Gasteiger partial charge in [0.05, 0.1) is 0 Å².